The van der Waals surface area contributed by atoms with Gasteiger partial charge in [-0.3, -0.25) is 0 Å². The van der Waals surface area contributed by atoms with Crippen LogP contribution in [0.25, 0.3) is 0 Å². The number of hydrogen-bond donors (Lipinski definition) is 4. The molecule has 1 fully saturated rings. The molecule has 0 aromatic heterocycles. The maximum Gasteiger partial charge on any atom is 0.119 e. The van der Waals surface area contributed by atoms with Crippen LogP contribution in [-0.2, 0) is 4.74 Å². The number of hydrogen-bond acceptors (Lipinski definition) is 6. The molecule has 1 heterocycles. The molecule has 0 amide bonds. The number of ether oxygens (including phenoxy) is 2. The van der Waals surface area contributed by atoms with Crippen molar-refractivity contribution in [3.8, 4) is 11.5 Å². The van der Waals surface area contributed by atoms with Gasteiger partial charge in [0, 0.05) is 0 Å². The Labute approximate surface area is 167 Å². The summed E-state index contributed by atoms with van der Waals surface area (Å²) in [5.74, 6) is 1.09. The van der Waals surface area contributed by atoms with Crippen LogP contribution in [0, 0.1) is 27.7 Å². The molecule has 4 N–H and O–H groups in total. The van der Waals surface area contributed by atoms with E-state index in [-0.39, 0.29) is 25.9 Å². The number of benzene rings is 2. The summed E-state index contributed by atoms with van der Waals surface area (Å²) in [4.78, 5) is 0. The molecule has 3 rings (SSSR count). The van der Waals surface area contributed by atoms with Crippen molar-refractivity contribution in [2.24, 2.45) is 0 Å². The minimum atomic E-state index is -0.809. The molecule has 1 aliphatic rings. The minimum absolute atomic E-state index is 0.124. The number of rotatable bonds is 5. The van der Waals surface area contributed by atoms with Gasteiger partial charge in [-0.05, 0) is 74.2 Å². The Hall–Kier alpha value is -2.12. The van der Waals surface area contributed by atoms with Gasteiger partial charge in [0.05, 0.1) is 19.8 Å². The zero-order valence-corrected chi connectivity index (χ0v) is 17.1. The molecule has 6 heteroatoms. The first kappa shape index (κ1) is 23.9. The van der Waals surface area contributed by atoms with Crippen molar-refractivity contribution < 1.29 is 29.9 Å². The Bertz CT molecular complexity index is 641. The van der Waals surface area contributed by atoms with Gasteiger partial charge in [-0.1, -0.05) is 12.1 Å². The van der Waals surface area contributed by atoms with E-state index in [1.54, 1.807) is 12.1 Å². The molecule has 6 nitrogen and oxygen atoms in total. The van der Waals surface area contributed by atoms with Crippen LogP contribution in [0.15, 0.2) is 36.4 Å². The molecule has 2 aromatic carbocycles. The van der Waals surface area contributed by atoms with Crippen molar-refractivity contribution in [1.82, 2.24) is 0 Å². The molecular weight excluding hydrogens is 360 g/mol. The lowest BCUT2D eigenvalue weighted by molar-refractivity contribution is 0.0536. The fourth-order valence-electron chi connectivity index (χ4n) is 2.39. The Morgan fingerprint density at radius 1 is 0.929 bits per heavy atom. The fourth-order valence-corrected chi connectivity index (χ4v) is 2.39. The largest absolute Gasteiger partial charge is 0.508 e. The molecule has 2 unspecified atom stereocenters. The van der Waals surface area contributed by atoms with E-state index in [0.717, 1.165) is 34.6 Å². The summed E-state index contributed by atoms with van der Waals surface area (Å²) in [6.07, 6.45) is -0.620. The average Bonchev–Trinajstić information content (AvgIpc) is 3.43. The summed E-state index contributed by atoms with van der Waals surface area (Å²) in [6, 6.07) is 11.4. The van der Waals surface area contributed by atoms with Crippen LogP contribution in [0.1, 0.15) is 22.3 Å². The SMILES string of the molecule is Cc1cc(C)cc(O)c1.Cc1cc(C)cc(OCC(O)CO)c1.OCC1CO1. The second-order valence-corrected chi connectivity index (χ2v) is 6.95. The Morgan fingerprint density at radius 3 is 1.71 bits per heavy atom. The molecule has 0 bridgehead atoms. The first-order valence-electron chi connectivity index (χ1n) is 9.23. The first-order valence-corrected chi connectivity index (χ1v) is 9.23. The van der Waals surface area contributed by atoms with Crippen molar-refractivity contribution in [1.29, 1.82) is 0 Å². The highest BCUT2D eigenvalue weighted by atomic mass is 16.6. The van der Waals surface area contributed by atoms with Crippen LogP contribution < -0.4 is 4.74 Å². The van der Waals surface area contributed by atoms with Gasteiger partial charge in [0.15, 0.2) is 0 Å². The normalized spacial score (nSPS) is 15.5. The second kappa shape index (κ2) is 12.4. The predicted octanol–water partition coefficient (Wildman–Crippen LogP) is 2.42. The van der Waals surface area contributed by atoms with Gasteiger partial charge in [0.2, 0.25) is 0 Å². The Kier molecular flexibility index (Phi) is 10.6. The van der Waals surface area contributed by atoms with E-state index in [2.05, 4.69) is 10.8 Å². The highest BCUT2D eigenvalue weighted by Gasteiger charge is 2.19. The van der Waals surface area contributed by atoms with Crippen molar-refractivity contribution >= 4 is 0 Å². The third-order valence-corrected chi connectivity index (χ3v) is 3.66. The van der Waals surface area contributed by atoms with Crippen molar-refractivity contribution in [2.45, 2.75) is 39.9 Å². The summed E-state index contributed by atoms with van der Waals surface area (Å²) in [5, 5.41) is 34.7. The van der Waals surface area contributed by atoms with Gasteiger partial charge in [-0.2, -0.15) is 0 Å². The maximum atomic E-state index is 9.08. The van der Waals surface area contributed by atoms with Crippen LogP contribution in [0.2, 0.25) is 0 Å². The van der Waals surface area contributed by atoms with E-state index in [1.165, 1.54) is 0 Å². The number of aliphatic hydroxyl groups is 3. The molecular formula is C22H32O6. The van der Waals surface area contributed by atoms with Gasteiger partial charge < -0.3 is 29.9 Å². The molecule has 1 saturated heterocycles. The van der Waals surface area contributed by atoms with E-state index in [0.29, 0.717) is 5.75 Å². The number of aliphatic hydroxyl groups excluding tert-OH is 3. The highest BCUT2D eigenvalue weighted by Crippen LogP contribution is 2.16. The molecule has 0 radical (unpaired) electrons. The number of phenols is 1. The van der Waals surface area contributed by atoms with Gasteiger partial charge in [-0.25, -0.2) is 0 Å². The lowest BCUT2D eigenvalue weighted by Crippen LogP contribution is -2.21. The van der Waals surface area contributed by atoms with Crippen LogP contribution >= 0.6 is 0 Å². The average molecular weight is 392 g/mol. The number of phenolic OH excluding ortho intramolecular Hbond substituents is 1. The van der Waals surface area contributed by atoms with Gasteiger partial charge >= 0.3 is 0 Å². The summed E-state index contributed by atoms with van der Waals surface area (Å²) in [6.45, 7) is 8.71. The van der Waals surface area contributed by atoms with E-state index >= 15 is 0 Å². The van der Waals surface area contributed by atoms with Gasteiger partial charge in [0.1, 0.15) is 30.3 Å². The van der Waals surface area contributed by atoms with E-state index < -0.39 is 6.10 Å². The minimum Gasteiger partial charge on any atom is -0.508 e. The molecule has 1 aliphatic heterocycles. The van der Waals surface area contributed by atoms with Crippen molar-refractivity contribution in [3.63, 3.8) is 0 Å². The quantitative estimate of drug-likeness (QED) is 0.583. The Balaban J connectivity index is 0.000000237. The molecule has 2 atom stereocenters. The first-order chi connectivity index (χ1) is 13.2. The number of epoxide rings is 1. The smallest absolute Gasteiger partial charge is 0.119 e. The van der Waals surface area contributed by atoms with Crippen LogP contribution in [-0.4, -0.2) is 59.1 Å². The molecule has 2 aromatic rings. The van der Waals surface area contributed by atoms with E-state index in [4.69, 9.17) is 25.2 Å². The van der Waals surface area contributed by atoms with Crippen molar-refractivity contribution in [3.05, 3.63) is 58.7 Å². The zero-order chi connectivity index (χ0) is 21.1. The summed E-state index contributed by atoms with van der Waals surface area (Å²) >= 11 is 0. The van der Waals surface area contributed by atoms with Crippen LogP contribution in [0.3, 0.4) is 0 Å². The zero-order valence-electron chi connectivity index (χ0n) is 17.1. The number of aryl methyl sites for hydroxylation is 4. The third-order valence-electron chi connectivity index (χ3n) is 3.66. The fraction of sp³-hybridized carbons (Fsp3) is 0.455. The topological polar surface area (TPSA) is 103 Å². The summed E-state index contributed by atoms with van der Waals surface area (Å²) < 4.78 is 9.92. The van der Waals surface area contributed by atoms with Crippen molar-refractivity contribution in [2.75, 3.05) is 26.4 Å². The molecule has 0 saturated carbocycles. The lowest BCUT2D eigenvalue weighted by Gasteiger charge is -2.10. The van der Waals surface area contributed by atoms with Gasteiger partial charge in [0.25, 0.3) is 0 Å². The maximum absolute atomic E-state index is 9.08. The highest BCUT2D eigenvalue weighted by molar-refractivity contribution is 5.33. The van der Waals surface area contributed by atoms with Crippen LogP contribution in [0.5, 0.6) is 11.5 Å². The molecule has 156 valence electrons. The second-order valence-electron chi connectivity index (χ2n) is 6.95. The predicted molar refractivity (Wildman–Crippen MR) is 109 cm³/mol. The third kappa shape index (κ3) is 10.9. The van der Waals surface area contributed by atoms with E-state index in [9.17, 15) is 0 Å². The summed E-state index contributed by atoms with van der Waals surface area (Å²) in [7, 11) is 0. The van der Waals surface area contributed by atoms with E-state index in [1.807, 2.05) is 45.9 Å². The molecule has 0 spiro atoms. The lowest BCUT2D eigenvalue weighted by atomic mass is 10.1. The Morgan fingerprint density at radius 2 is 1.39 bits per heavy atom. The van der Waals surface area contributed by atoms with Gasteiger partial charge in [-0.15, -0.1) is 0 Å². The summed E-state index contributed by atoms with van der Waals surface area (Å²) in [5.41, 5.74) is 4.46. The molecule has 0 aliphatic carbocycles. The standard InChI is InChI=1S/C11H16O3.C8H10O.C3H6O2/c1-8-3-9(2)5-11(4-8)14-7-10(13)6-12;1-6-3-7(2)5-8(9)4-6;4-1-3-2-5-3/h3-5,10,12-13H,6-7H2,1-2H3;3-5,9H,1-2H3;3-4H,1-2H2. The van der Waals surface area contributed by atoms with Crippen LogP contribution in [0.4, 0.5) is 0 Å². The number of aromatic hydroxyl groups is 1. The monoisotopic (exact) mass is 392 g/mol. The molecule has 28 heavy (non-hydrogen) atoms.